The van der Waals surface area contributed by atoms with Crippen LogP contribution in [0, 0.1) is 52.3 Å². The molecule has 2 N–H and O–H groups in total. The van der Waals surface area contributed by atoms with E-state index in [1.807, 2.05) is 0 Å². The Kier molecular flexibility index (Phi) is 5.39. The van der Waals surface area contributed by atoms with Crippen molar-refractivity contribution < 1.29 is 15.0 Å². The lowest BCUT2D eigenvalue weighted by Gasteiger charge is -2.63. The fourth-order valence-electron chi connectivity index (χ4n) is 9.14. The SMILES string of the molecule is C[C@@H]1C[C@@H]2C[C@H](O)CC[C@]2(C)[C@H]2CC[C@]3(C)[C@@H]([C@H](C)CCC(=O)O)CC[C@H]3[C@H]12. The van der Waals surface area contributed by atoms with E-state index in [1.54, 1.807) is 0 Å². The van der Waals surface area contributed by atoms with Gasteiger partial charge in [-0.1, -0.05) is 27.7 Å². The fraction of sp³-hybridized carbons (Fsp3) is 0.960. The summed E-state index contributed by atoms with van der Waals surface area (Å²) in [5.74, 6) is 4.55. The standard InChI is InChI=1S/C25H42O3/c1-15(5-8-22(27)28)19-6-7-20-23-16(2)13-17-14-18(26)9-11-24(17,3)21(23)10-12-25(19,20)4/h15-21,23,26H,5-14H2,1-4H3,(H,27,28)/t15-,16-,17-,18-,19-,20+,21+,23+,24+,25-/m1/s1. The number of carboxylic acids is 1. The predicted molar refractivity (Wildman–Crippen MR) is 112 cm³/mol. The van der Waals surface area contributed by atoms with Crippen LogP contribution >= 0.6 is 0 Å². The van der Waals surface area contributed by atoms with Gasteiger partial charge >= 0.3 is 5.97 Å². The summed E-state index contributed by atoms with van der Waals surface area (Å²) in [6, 6.07) is 0. The van der Waals surface area contributed by atoms with Gasteiger partial charge in [0.2, 0.25) is 0 Å². The van der Waals surface area contributed by atoms with Gasteiger partial charge in [0, 0.05) is 6.42 Å². The number of hydrogen-bond acceptors (Lipinski definition) is 2. The molecule has 10 atom stereocenters. The van der Waals surface area contributed by atoms with Gasteiger partial charge in [0.05, 0.1) is 6.10 Å². The summed E-state index contributed by atoms with van der Waals surface area (Å²) < 4.78 is 0. The van der Waals surface area contributed by atoms with Crippen molar-refractivity contribution >= 4 is 5.97 Å². The maximum absolute atomic E-state index is 11.1. The number of fused-ring (bicyclic) bond motifs is 5. The Morgan fingerprint density at radius 1 is 1.04 bits per heavy atom. The first kappa shape index (κ1) is 20.7. The van der Waals surface area contributed by atoms with E-state index < -0.39 is 5.97 Å². The molecule has 3 nitrogen and oxygen atoms in total. The van der Waals surface area contributed by atoms with E-state index in [1.165, 1.54) is 38.5 Å². The van der Waals surface area contributed by atoms with Gasteiger partial charge in [0.1, 0.15) is 0 Å². The Labute approximate surface area is 171 Å². The molecule has 0 aliphatic heterocycles. The fourth-order valence-corrected chi connectivity index (χ4v) is 9.14. The molecule has 0 saturated heterocycles. The van der Waals surface area contributed by atoms with Crippen LogP contribution in [0.4, 0.5) is 0 Å². The topological polar surface area (TPSA) is 57.5 Å². The monoisotopic (exact) mass is 390 g/mol. The first-order valence-corrected chi connectivity index (χ1v) is 12.1. The number of aliphatic hydroxyl groups is 1. The van der Waals surface area contributed by atoms with Crippen molar-refractivity contribution in [2.24, 2.45) is 52.3 Å². The van der Waals surface area contributed by atoms with E-state index in [0.29, 0.717) is 35.0 Å². The Bertz CT molecular complexity index is 603. The molecule has 0 unspecified atom stereocenters. The van der Waals surface area contributed by atoms with E-state index in [2.05, 4.69) is 27.7 Å². The van der Waals surface area contributed by atoms with Gasteiger partial charge in [-0.3, -0.25) is 4.79 Å². The van der Waals surface area contributed by atoms with Crippen LogP contribution in [0.2, 0.25) is 0 Å². The molecule has 0 aromatic rings. The lowest BCUT2D eigenvalue weighted by atomic mass is 9.42. The summed E-state index contributed by atoms with van der Waals surface area (Å²) in [5, 5.41) is 19.4. The lowest BCUT2D eigenvalue weighted by molar-refractivity contribution is -0.150. The molecule has 4 aliphatic carbocycles. The molecular weight excluding hydrogens is 348 g/mol. The molecule has 0 heterocycles. The summed E-state index contributed by atoms with van der Waals surface area (Å²) in [6.45, 7) is 9.95. The van der Waals surface area contributed by atoms with Gasteiger partial charge in [-0.25, -0.2) is 0 Å². The Balaban J connectivity index is 1.55. The van der Waals surface area contributed by atoms with Gasteiger partial charge < -0.3 is 10.2 Å². The van der Waals surface area contributed by atoms with Crippen molar-refractivity contribution in [1.29, 1.82) is 0 Å². The highest BCUT2D eigenvalue weighted by molar-refractivity contribution is 5.66. The molecule has 4 fully saturated rings. The van der Waals surface area contributed by atoms with Gasteiger partial charge in [-0.05, 0) is 110 Å². The molecule has 3 heteroatoms. The molecule has 0 aromatic heterocycles. The maximum atomic E-state index is 11.1. The highest BCUT2D eigenvalue weighted by Crippen LogP contribution is 2.69. The van der Waals surface area contributed by atoms with Crippen molar-refractivity contribution in [1.82, 2.24) is 0 Å². The summed E-state index contributed by atoms with van der Waals surface area (Å²) in [6.07, 6.45) is 11.0. The maximum Gasteiger partial charge on any atom is 0.303 e. The summed E-state index contributed by atoms with van der Waals surface area (Å²) in [4.78, 5) is 11.1. The molecular formula is C25H42O3. The molecule has 0 amide bonds. The molecule has 4 aliphatic rings. The van der Waals surface area contributed by atoms with E-state index in [4.69, 9.17) is 5.11 Å². The number of aliphatic carboxylic acids is 1. The second kappa shape index (κ2) is 7.29. The van der Waals surface area contributed by atoms with E-state index in [0.717, 1.165) is 42.9 Å². The quantitative estimate of drug-likeness (QED) is 0.642. The van der Waals surface area contributed by atoms with Crippen molar-refractivity contribution in [3.05, 3.63) is 0 Å². The third-order valence-corrected chi connectivity index (χ3v) is 10.6. The Morgan fingerprint density at radius 3 is 2.43 bits per heavy atom. The van der Waals surface area contributed by atoms with Gasteiger partial charge in [-0.2, -0.15) is 0 Å². The van der Waals surface area contributed by atoms with E-state index in [9.17, 15) is 9.90 Å². The van der Waals surface area contributed by atoms with Crippen LogP contribution in [0.5, 0.6) is 0 Å². The third-order valence-electron chi connectivity index (χ3n) is 10.6. The molecule has 4 saturated carbocycles. The largest absolute Gasteiger partial charge is 0.481 e. The third kappa shape index (κ3) is 3.15. The number of carbonyl (C=O) groups is 1. The molecule has 4 rings (SSSR count). The van der Waals surface area contributed by atoms with Crippen LogP contribution in [0.1, 0.15) is 91.9 Å². The number of carboxylic acid groups (broad SMARTS) is 1. The van der Waals surface area contributed by atoms with Crippen LogP contribution in [0.15, 0.2) is 0 Å². The zero-order valence-corrected chi connectivity index (χ0v) is 18.5. The van der Waals surface area contributed by atoms with Crippen LogP contribution in [-0.2, 0) is 4.79 Å². The van der Waals surface area contributed by atoms with Crippen LogP contribution in [0.3, 0.4) is 0 Å². The van der Waals surface area contributed by atoms with E-state index >= 15 is 0 Å². The Hall–Kier alpha value is -0.570. The zero-order valence-electron chi connectivity index (χ0n) is 18.5. The molecule has 0 aromatic carbocycles. The second-order valence-electron chi connectivity index (χ2n) is 11.8. The minimum Gasteiger partial charge on any atom is -0.481 e. The summed E-state index contributed by atoms with van der Waals surface area (Å²) in [5.41, 5.74) is 0.843. The van der Waals surface area contributed by atoms with Gasteiger partial charge in [-0.15, -0.1) is 0 Å². The average molecular weight is 391 g/mol. The molecule has 0 spiro atoms. The predicted octanol–water partition coefficient (Wildman–Crippen LogP) is 5.75. The lowest BCUT2D eigenvalue weighted by Crippen LogP contribution is -2.56. The van der Waals surface area contributed by atoms with Gasteiger partial charge in [0.15, 0.2) is 0 Å². The highest BCUT2D eigenvalue weighted by atomic mass is 16.4. The summed E-state index contributed by atoms with van der Waals surface area (Å²) in [7, 11) is 0. The average Bonchev–Trinajstić information content (AvgIpc) is 2.98. The number of hydrogen-bond donors (Lipinski definition) is 2. The van der Waals surface area contributed by atoms with Crippen LogP contribution < -0.4 is 0 Å². The van der Waals surface area contributed by atoms with Gasteiger partial charge in [0.25, 0.3) is 0 Å². The zero-order chi connectivity index (χ0) is 20.3. The number of rotatable bonds is 4. The van der Waals surface area contributed by atoms with Crippen LogP contribution in [-0.4, -0.2) is 22.3 Å². The normalized spacial score (nSPS) is 51.7. The number of aliphatic hydroxyl groups excluding tert-OH is 1. The van der Waals surface area contributed by atoms with Crippen molar-refractivity contribution in [3.63, 3.8) is 0 Å². The Morgan fingerprint density at radius 2 is 1.71 bits per heavy atom. The molecule has 0 radical (unpaired) electrons. The minimum absolute atomic E-state index is 0.0679. The molecule has 160 valence electrons. The highest BCUT2D eigenvalue weighted by Gasteiger charge is 2.62. The molecule has 28 heavy (non-hydrogen) atoms. The van der Waals surface area contributed by atoms with E-state index in [-0.39, 0.29) is 6.10 Å². The minimum atomic E-state index is -0.644. The van der Waals surface area contributed by atoms with Crippen molar-refractivity contribution in [2.45, 2.75) is 98.0 Å². The first-order chi connectivity index (χ1) is 13.2. The second-order valence-corrected chi connectivity index (χ2v) is 11.8. The van der Waals surface area contributed by atoms with Crippen molar-refractivity contribution in [2.75, 3.05) is 0 Å². The smallest absolute Gasteiger partial charge is 0.303 e. The summed E-state index contributed by atoms with van der Waals surface area (Å²) >= 11 is 0. The van der Waals surface area contributed by atoms with Crippen LogP contribution in [0.25, 0.3) is 0 Å². The first-order valence-electron chi connectivity index (χ1n) is 12.1. The molecule has 0 bridgehead atoms. The van der Waals surface area contributed by atoms with Crippen molar-refractivity contribution in [3.8, 4) is 0 Å².